The van der Waals surface area contributed by atoms with Crippen molar-refractivity contribution in [1.82, 2.24) is 0 Å². The van der Waals surface area contributed by atoms with Gasteiger partial charge in [0.05, 0.1) is 0 Å². The third kappa shape index (κ3) is 9.84. The summed E-state index contributed by atoms with van der Waals surface area (Å²) in [7, 11) is 0. The van der Waals surface area contributed by atoms with Crippen LogP contribution in [-0.2, 0) is 27.2 Å². The molecule has 0 aromatic carbocycles. The Hall–Kier alpha value is 1.45. The van der Waals surface area contributed by atoms with E-state index in [0.29, 0.717) is 0 Å². The summed E-state index contributed by atoms with van der Waals surface area (Å²) in [6.07, 6.45) is 0. The third-order valence-corrected chi connectivity index (χ3v) is 0. The average molecular weight is 203 g/mol. The van der Waals surface area contributed by atoms with Crippen molar-refractivity contribution >= 4 is 24.4 Å². The molecule has 0 heterocycles. The smallest absolute Gasteiger partial charge is 2.00 e. The summed E-state index contributed by atoms with van der Waals surface area (Å²) in [5.74, 6) is 0. The molecule has 0 fully saturated rings. The first-order chi connectivity index (χ1) is 0. The van der Waals surface area contributed by atoms with Gasteiger partial charge in [0, 0.05) is 0 Å². The largest absolute Gasteiger partial charge is 4.00 e. The van der Waals surface area contributed by atoms with Crippen LogP contribution in [0.3, 0.4) is 0 Å². The van der Waals surface area contributed by atoms with E-state index in [9.17, 15) is 0 Å². The van der Waals surface area contributed by atoms with Crippen LogP contribution in [0, 0.1) is 0 Å². The monoisotopic (exact) mass is 202 g/mol. The Morgan fingerprint density at radius 3 is 1.00 bits per heavy atom. The Balaban J connectivity index is 0. The zero-order chi connectivity index (χ0) is 0. The second-order valence-electron chi connectivity index (χ2n) is 0. The van der Waals surface area contributed by atoms with Gasteiger partial charge in [-0.3, -0.25) is 0 Å². The van der Waals surface area contributed by atoms with Crippen LogP contribution in [-0.4, -0.2) is 29.9 Å². The molecule has 0 spiro atoms. The summed E-state index contributed by atoms with van der Waals surface area (Å²) in [4.78, 5) is 0. The summed E-state index contributed by atoms with van der Waals surface area (Å²) >= 11 is 0. The first-order valence-corrected chi connectivity index (χ1v) is 0. The average Bonchev–Trinajstić information content (AvgIpc) is 0. The molecule has 0 aliphatic carbocycles. The minimum Gasteiger partial charge on any atom is -2.00 e. The van der Waals surface area contributed by atoms with Crippen molar-refractivity contribution in [2.75, 3.05) is 0 Å². The zero-order valence-electron chi connectivity index (χ0n) is 1.80. The van der Waals surface area contributed by atoms with Crippen molar-refractivity contribution < 1.29 is 32.7 Å². The zero-order valence-corrected chi connectivity index (χ0v) is 5.92. The molecule has 0 bridgehead atoms. The maximum atomic E-state index is 0. The van der Waals surface area contributed by atoms with Gasteiger partial charge in [0.2, 0.25) is 0 Å². The molecule has 0 rings (SSSR count). The standard InChI is InChI=1S/H2O.O.Sb.Ti/h1H2;;;/q;-2;+3;+4/p-1. The predicted molar refractivity (Wildman–Crippen MR) is 8.38 cm³/mol. The van der Waals surface area contributed by atoms with E-state index >= 15 is 0 Å². The Kier molecular flexibility index (Phi) is 322. The second kappa shape index (κ2) is 25.2. The fraction of sp³-hybridized carbons (Fsp3) is 0. The Morgan fingerprint density at radius 2 is 1.00 bits per heavy atom. The molecule has 0 unspecified atom stereocenters. The van der Waals surface area contributed by atoms with Crippen molar-refractivity contribution in [3.05, 3.63) is 0 Å². The van der Waals surface area contributed by atoms with Crippen molar-refractivity contribution in [1.29, 1.82) is 0 Å². The van der Waals surface area contributed by atoms with Crippen molar-refractivity contribution in [2.45, 2.75) is 0 Å². The van der Waals surface area contributed by atoms with Gasteiger partial charge >= 0.3 is 46.1 Å². The van der Waals surface area contributed by atoms with Crippen molar-refractivity contribution in [3.63, 3.8) is 0 Å². The van der Waals surface area contributed by atoms with E-state index in [1.54, 1.807) is 0 Å². The molecule has 2 nitrogen and oxygen atoms in total. The summed E-state index contributed by atoms with van der Waals surface area (Å²) in [6, 6.07) is 0. The van der Waals surface area contributed by atoms with Gasteiger partial charge in [-0.25, -0.2) is 0 Å². The van der Waals surface area contributed by atoms with Crippen molar-refractivity contribution in [2.24, 2.45) is 0 Å². The normalized spacial score (nSPS) is 0. The molecular weight excluding hydrogens is 202 g/mol. The van der Waals surface area contributed by atoms with Gasteiger partial charge in [-0.1, -0.05) is 0 Å². The van der Waals surface area contributed by atoms with E-state index in [1.807, 2.05) is 0 Å². The maximum absolute atomic E-state index is 0. The minimum absolute atomic E-state index is 0. The van der Waals surface area contributed by atoms with Crippen LogP contribution in [0.4, 0.5) is 0 Å². The first-order valence-electron chi connectivity index (χ1n) is 0. The van der Waals surface area contributed by atoms with Gasteiger partial charge < -0.3 is 11.0 Å². The number of hydrogen-bond donors (Lipinski definition) is 0. The predicted octanol–water partition coefficient (Wildman–Crippen LogP) is -0.679. The van der Waals surface area contributed by atoms with Gasteiger partial charge in [-0.2, -0.15) is 0 Å². The van der Waals surface area contributed by atoms with Crippen LogP contribution in [0.15, 0.2) is 0 Å². The summed E-state index contributed by atoms with van der Waals surface area (Å²) in [5.41, 5.74) is 0. The molecule has 0 saturated heterocycles. The Morgan fingerprint density at radius 1 is 1.00 bits per heavy atom. The van der Waals surface area contributed by atoms with Crippen LogP contribution >= 0.6 is 0 Å². The van der Waals surface area contributed by atoms with Gasteiger partial charge in [-0.05, 0) is 0 Å². The van der Waals surface area contributed by atoms with Gasteiger partial charge in [0.1, 0.15) is 0 Å². The molecule has 0 atom stereocenters. The molecule has 0 aliphatic heterocycles. The summed E-state index contributed by atoms with van der Waals surface area (Å²) in [6.45, 7) is 0. The molecule has 0 amide bonds. The molecule has 18 valence electrons. The minimum atomic E-state index is 0. The van der Waals surface area contributed by atoms with Crippen LogP contribution in [0.25, 0.3) is 0 Å². The SMILES string of the molecule is [O-2].[OH-].[Sb+3].[Ti+4]. The second-order valence-corrected chi connectivity index (χ2v) is 0. The fourth-order valence-electron chi connectivity index (χ4n) is 0. The van der Waals surface area contributed by atoms with E-state index in [0.717, 1.165) is 0 Å². The Bertz CT molecular complexity index is 6.00. The van der Waals surface area contributed by atoms with Crippen LogP contribution < -0.4 is 0 Å². The molecule has 1 N–H and O–H groups in total. The molecule has 4 heavy (non-hydrogen) atoms. The molecule has 0 aromatic heterocycles. The van der Waals surface area contributed by atoms with E-state index in [2.05, 4.69) is 0 Å². The van der Waals surface area contributed by atoms with E-state index in [1.165, 1.54) is 0 Å². The maximum Gasteiger partial charge on any atom is 4.00 e. The number of rotatable bonds is 0. The van der Waals surface area contributed by atoms with E-state index < -0.39 is 0 Å². The van der Waals surface area contributed by atoms with Gasteiger partial charge in [0.25, 0.3) is 0 Å². The van der Waals surface area contributed by atoms with Crippen molar-refractivity contribution in [3.8, 4) is 0 Å². The quantitative estimate of drug-likeness (QED) is 0.481. The molecule has 0 saturated carbocycles. The third-order valence-electron chi connectivity index (χ3n) is 0. The molecule has 4 heteroatoms. The summed E-state index contributed by atoms with van der Waals surface area (Å²) in [5, 5.41) is 0. The topological polar surface area (TPSA) is 58.5 Å². The molecule has 2 radical (unpaired) electrons. The first kappa shape index (κ1) is 51.2. The molecular formula is HO2SbTi+4. The van der Waals surface area contributed by atoms with Gasteiger partial charge in [0.15, 0.2) is 0 Å². The fourth-order valence-corrected chi connectivity index (χ4v) is 0. The van der Waals surface area contributed by atoms with Crippen LogP contribution in [0.1, 0.15) is 0 Å². The molecule has 0 aromatic rings. The van der Waals surface area contributed by atoms with E-state index in [-0.39, 0.29) is 57.1 Å². The van der Waals surface area contributed by atoms with Crippen LogP contribution in [0.2, 0.25) is 0 Å². The van der Waals surface area contributed by atoms with E-state index in [4.69, 9.17) is 0 Å². The van der Waals surface area contributed by atoms with Gasteiger partial charge in [-0.15, -0.1) is 0 Å². The van der Waals surface area contributed by atoms with Crippen LogP contribution in [0.5, 0.6) is 0 Å². The molecule has 0 aliphatic rings. The Labute approximate surface area is 56.9 Å². The summed E-state index contributed by atoms with van der Waals surface area (Å²) < 4.78 is 0. The number of hydrogen-bond acceptors (Lipinski definition) is 1.